The second kappa shape index (κ2) is 6.29. The number of halogens is 1. The van der Waals surface area contributed by atoms with Crippen LogP contribution in [0.1, 0.15) is 24.6 Å². The molecule has 0 atom stereocenters. The molecule has 0 radical (unpaired) electrons. The van der Waals surface area contributed by atoms with E-state index in [9.17, 15) is 17.6 Å². The van der Waals surface area contributed by atoms with E-state index in [0.717, 1.165) is 11.8 Å². The van der Waals surface area contributed by atoms with Gasteiger partial charge < -0.3 is 4.57 Å². The predicted molar refractivity (Wildman–Crippen MR) is 99.9 cm³/mol. The fraction of sp³-hybridized carbons (Fsp3) is 0.389. The molecule has 6 nitrogen and oxygen atoms in total. The van der Waals surface area contributed by atoms with Gasteiger partial charge in [0.15, 0.2) is 4.64 Å². The lowest BCUT2D eigenvalue weighted by Gasteiger charge is -2.58. The Hall–Kier alpha value is -1.97. The third kappa shape index (κ3) is 2.94. The third-order valence-electron chi connectivity index (χ3n) is 5.47. The van der Waals surface area contributed by atoms with Crippen molar-refractivity contribution < 1.29 is 12.8 Å². The molecule has 1 saturated heterocycles. The molecular formula is C18H18FN3O3S2. The van der Waals surface area contributed by atoms with Crippen LogP contribution in [0.25, 0.3) is 0 Å². The van der Waals surface area contributed by atoms with E-state index in [2.05, 4.69) is 4.98 Å². The molecule has 2 heterocycles. The van der Waals surface area contributed by atoms with Crippen molar-refractivity contribution in [3.05, 3.63) is 63.0 Å². The van der Waals surface area contributed by atoms with Gasteiger partial charge in [-0.15, -0.1) is 0 Å². The van der Waals surface area contributed by atoms with E-state index in [0.29, 0.717) is 25.9 Å². The quantitative estimate of drug-likeness (QED) is 0.731. The van der Waals surface area contributed by atoms with Crippen molar-refractivity contribution in [1.29, 1.82) is 0 Å². The smallest absolute Gasteiger partial charge is 0.288 e. The molecule has 0 unspecified atom stereocenters. The molecule has 1 aromatic heterocycles. The first-order chi connectivity index (χ1) is 12.7. The van der Waals surface area contributed by atoms with Crippen molar-refractivity contribution in [2.45, 2.75) is 30.7 Å². The van der Waals surface area contributed by atoms with E-state index in [-0.39, 0.29) is 26.6 Å². The van der Waals surface area contributed by atoms with Gasteiger partial charge in [0.05, 0.1) is 0 Å². The zero-order chi connectivity index (χ0) is 19.4. The Kier molecular flexibility index (Phi) is 4.28. The van der Waals surface area contributed by atoms with Gasteiger partial charge in [0.25, 0.3) is 5.56 Å². The Balaban J connectivity index is 1.51. The number of nitrogens with zero attached hydrogens (tertiary/aromatic N) is 3. The molecule has 9 heteroatoms. The molecule has 1 aromatic carbocycles. The van der Waals surface area contributed by atoms with Crippen molar-refractivity contribution in [2.75, 3.05) is 13.1 Å². The summed E-state index contributed by atoms with van der Waals surface area (Å²) >= 11 is 5.02. The van der Waals surface area contributed by atoms with Crippen LogP contribution < -0.4 is 5.56 Å². The van der Waals surface area contributed by atoms with Gasteiger partial charge >= 0.3 is 0 Å². The maximum absolute atomic E-state index is 13.9. The van der Waals surface area contributed by atoms with Crippen LogP contribution in [0.2, 0.25) is 0 Å². The summed E-state index contributed by atoms with van der Waals surface area (Å²) < 4.78 is 42.1. The lowest BCUT2D eigenvalue weighted by Crippen LogP contribution is -2.64. The van der Waals surface area contributed by atoms with Crippen molar-refractivity contribution in [1.82, 2.24) is 13.9 Å². The summed E-state index contributed by atoms with van der Waals surface area (Å²) in [4.78, 5) is 16.1. The van der Waals surface area contributed by atoms with E-state index in [1.54, 1.807) is 10.6 Å². The summed E-state index contributed by atoms with van der Waals surface area (Å²) in [5, 5.41) is 0. The molecule has 2 fully saturated rings. The van der Waals surface area contributed by atoms with Crippen LogP contribution in [0.3, 0.4) is 0 Å². The maximum atomic E-state index is 13.9. The fourth-order valence-electron chi connectivity index (χ4n) is 4.11. The average Bonchev–Trinajstić information content (AvgIpc) is 2.65. The molecular weight excluding hydrogens is 389 g/mol. The standard InChI is InChI=1S/C18H18FN3O3S2/c1-12-6-7-20-16(26)17(23)22(12)13-8-18(9-13)10-21(11-18)27(24,25)15-5-3-2-4-14(15)19/h2-7,13H,8-11H2,1H3. The van der Waals surface area contributed by atoms with Crippen LogP contribution >= 0.6 is 12.2 Å². The van der Waals surface area contributed by atoms with Gasteiger partial charge in [0, 0.05) is 36.4 Å². The molecule has 0 N–H and O–H groups in total. The van der Waals surface area contributed by atoms with Crippen molar-refractivity contribution in [3.63, 3.8) is 0 Å². The highest BCUT2D eigenvalue weighted by atomic mass is 32.2. The third-order valence-corrected chi connectivity index (χ3v) is 7.57. The molecule has 1 aliphatic heterocycles. The summed E-state index contributed by atoms with van der Waals surface area (Å²) in [6.45, 7) is 2.51. The molecule has 0 amide bonds. The number of benzene rings is 1. The summed E-state index contributed by atoms with van der Waals surface area (Å²) in [6.07, 6.45) is 2.90. The highest BCUT2D eigenvalue weighted by molar-refractivity contribution is 7.89. The monoisotopic (exact) mass is 407 g/mol. The number of aromatic nitrogens is 2. The first kappa shape index (κ1) is 18.4. The molecule has 27 heavy (non-hydrogen) atoms. The molecule has 2 aliphatic rings. The Bertz CT molecular complexity index is 1130. The maximum Gasteiger partial charge on any atom is 0.288 e. The van der Waals surface area contributed by atoms with Crippen LogP contribution in [0.5, 0.6) is 0 Å². The zero-order valence-corrected chi connectivity index (χ0v) is 16.3. The topological polar surface area (TPSA) is 72.3 Å². The molecule has 4 rings (SSSR count). The van der Waals surface area contributed by atoms with Crippen molar-refractivity contribution in [2.24, 2.45) is 5.41 Å². The average molecular weight is 407 g/mol. The fourth-order valence-corrected chi connectivity index (χ4v) is 6.00. The summed E-state index contributed by atoms with van der Waals surface area (Å²) in [5.74, 6) is -0.741. The van der Waals surface area contributed by atoms with Gasteiger partial charge in [-0.05, 0) is 38.0 Å². The predicted octanol–water partition coefficient (Wildman–Crippen LogP) is 2.45. The van der Waals surface area contributed by atoms with Crippen LogP contribution in [-0.4, -0.2) is 35.4 Å². The Morgan fingerprint density at radius 2 is 1.89 bits per heavy atom. The molecule has 1 spiro atoms. The van der Waals surface area contributed by atoms with Gasteiger partial charge in [0.1, 0.15) is 10.7 Å². The Morgan fingerprint density at radius 3 is 2.56 bits per heavy atom. The molecule has 2 aromatic rings. The van der Waals surface area contributed by atoms with Crippen molar-refractivity contribution >= 4 is 22.2 Å². The van der Waals surface area contributed by atoms with E-state index in [1.165, 1.54) is 28.7 Å². The van der Waals surface area contributed by atoms with Crippen LogP contribution in [0.4, 0.5) is 4.39 Å². The van der Waals surface area contributed by atoms with E-state index < -0.39 is 15.8 Å². The first-order valence-electron chi connectivity index (χ1n) is 8.57. The highest BCUT2D eigenvalue weighted by Gasteiger charge is 2.56. The van der Waals surface area contributed by atoms with Gasteiger partial charge in [-0.2, -0.15) is 4.31 Å². The summed E-state index contributed by atoms with van der Waals surface area (Å²) in [7, 11) is -3.83. The van der Waals surface area contributed by atoms with Crippen LogP contribution in [0, 0.1) is 22.8 Å². The first-order valence-corrected chi connectivity index (χ1v) is 10.4. The van der Waals surface area contributed by atoms with Gasteiger partial charge in [-0.1, -0.05) is 24.4 Å². The molecule has 0 bridgehead atoms. The number of hydrogen-bond acceptors (Lipinski definition) is 5. The highest BCUT2D eigenvalue weighted by Crippen LogP contribution is 2.55. The lowest BCUT2D eigenvalue weighted by atomic mass is 9.61. The van der Waals surface area contributed by atoms with Gasteiger partial charge in [-0.3, -0.25) is 4.79 Å². The second-order valence-corrected chi connectivity index (χ2v) is 9.63. The second-order valence-electron chi connectivity index (χ2n) is 7.33. The Labute approximate surface area is 161 Å². The van der Waals surface area contributed by atoms with Crippen molar-refractivity contribution in [3.8, 4) is 0 Å². The zero-order valence-electron chi connectivity index (χ0n) is 14.6. The minimum absolute atomic E-state index is 0.0216. The minimum Gasteiger partial charge on any atom is -0.307 e. The number of hydrogen-bond donors (Lipinski definition) is 0. The van der Waals surface area contributed by atoms with E-state index in [1.807, 2.05) is 6.92 Å². The van der Waals surface area contributed by atoms with E-state index in [4.69, 9.17) is 12.2 Å². The minimum atomic E-state index is -3.83. The van der Waals surface area contributed by atoms with Gasteiger partial charge in [0.2, 0.25) is 10.0 Å². The molecule has 1 aliphatic carbocycles. The normalized spacial score (nSPS) is 19.5. The summed E-state index contributed by atoms with van der Waals surface area (Å²) in [6, 6.07) is 7.13. The summed E-state index contributed by atoms with van der Waals surface area (Å²) in [5.41, 5.74) is 0.333. The number of rotatable bonds is 3. The van der Waals surface area contributed by atoms with E-state index >= 15 is 0 Å². The number of sulfonamides is 1. The molecule has 142 valence electrons. The molecule has 1 saturated carbocycles. The SMILES string of the molecule is Cc1ccnc(=S)c(=O)n1C1CC2(C1)CN(S(=O)(=O)c1ccccc1F)C2. The van der Waals surface area contributed by atoms with Gasteiger partial charge in [-0.25, -0.2) is 17.8 Å². The Morgan fingerprint density at radius 1 is 1.22 bits per heavy atom. The number of aryl methyl sites for hydroxylation is 1. The lowest BCUT2D eigenvalue weighted by molar-refractivity contribution is -0.0479. The van der Waals surface area contributed by atoms with Crippen LogP contribution in [0.15, 0.2) is 46.2 Å². The largest absolute Gasteiger partial charge is 0.307 e. The van der Waals surface area contributed by atoms with Crippen LogP contribution in [-0.2, 0) is 10.0 Å².